The average molecular weight is 687 g/mol. The van der Waals surface area contributed by atoms with Crippen LogP contribution in [0.3, 0.4) is 0 Å². The lowest BCUT2D eigenvalue weighted by Gasteiger charge is -2.41. The number of benzene rings is 2. The summed E-state index contributed by atoms with van der Waals surface area (Å²) in [7, 11) is 0. The van der Waals surface area contributed by atoms with Gasteiger partial charge in [-0.2, -0.15) is 26.3 Å². The molecule has 0 aromatic heterocycles. The molecule has 0 saturated carbocycles. The number of rotatable bonds is 5. The number of aryl methyl sites for hydroxylation is 2. The van der Waals surface area contributed by atoms with Crippen molar-refractivity contribution in [3.63, 3.8) is 0 Å². The van der Waals surface area contributed by atoms with Gasteiger partial charge >= 0.3 is 12.4 Å². The number of nitrogens with zero attached hydrogens (tertiary/aromatic N) is 3. The third-order valence-corrected chi connectivity index (χ3v) is 7.74. The van der Waals surface area contributed by atoms with Gasteiger partial charge in [0, 0.05) is 44.3 Å². The van der Waals surface area contributed by atoms with E-state index in [1.165, 1.54) is 4.90 Å². The first-order chi connectivity index (χ1) is 20.2. The van der Waals surface area contributed by atoms with Crippen LogP contribution >= 0.6 is 24.8 Å². The maximum absolute atomic E-state index is 13.8. The summed E-state index contributed by atoms with van der Waals surface area (Å²) in [4.78, 5) is 18.8. The third kappa shape index (κ3) is 10.7. The molecular formula is C31H36Cl2F7N3O2. The summed E-state index contributed by atoms with van der Waals surface area (Å²) in [6.45, 7) is 6.64. The molecule has 0 N–H and O–H groups in total. The van der Waals surface area contributed by atoms with E-state index in [1.54, 1.807) is 0 Å². The maximum atomic E-state index is 13.8. The Hall–Kier alpha value is -2.56. The lowest BCUT2D eigenvalue weighted by molar-refractivity contribution is -0.143. The predicted molar refractivity (Wildman–Crippen MR) is 162 cm³/mol. The van der Waals surface area contributed by atoms with Crippen molar-refractivity contribution in [2.75, 3.05) is 59.0 Å². The average Bonchev–Trinajstić information content (AvgIpc) is 3.15. The number of carbonyl (C=O) groups is 1. The van der Waals surface area contributed by atoms with Gasteiger partial charge in [0.2, 0.25) is 0 Å². The van der Waals surface area contributed by atoms with Crippen LogP contribution in [0.4, 0.5) is 30.7 Å². The van der Waals surface area contributed by atoms with Crippen LogP contribution in [0.25, 0.3) is 0 Å². The summed E-state index contributed by atoms with van der Waals surface area (Å²) in [5.41, 5.74) is -0.733. The first-order valence-corrected chi connectivity index (χ1v) is 14.0. The lowest BCUT2D eigenvalue weighted by Crippen LogP contribution is -2.56. The van der Waals surface area contributed by atoms with E-state index >= 15 is 0 Å². The number of alkyl halides is 7. The van der Waals surface area contributed by atoms with Gasteiger partial charge in [0.15, 0.2) is 0 Å². The standard InChI is InChI=1S/C31H34F7N3O2.2ClH/c1-21-5-6-23(13-22(21)2)14-28-19-39(7-3-4-8-40-11-12-43-20-27(32)18-40)9-10-41(28)29(42)24-15-25(30(33,34)35)17-26(16-24)31(36,37)38;;/h5-6,13,15-17,27-28H,7-12,14,18-20H2,1-2H3;2*1H/t27?,28-;;/m1../s1. The minimum Gasteiger partial charge on any atom is -0.377 e. The number of ether oxygens (including phenoxy) is 1. The molecule has 2 fully saturated rings. The minimum atomic E-state index is -5.06. The van der Waals surface area contributed by atoms with Gasteiger partial charge in [0.1, 0.15) is 6.17 Å². The maximum Gasteiger partial charge on any atom is 0.416 e. The molecule has 2 aromatic rings. The van der Waals surface area contributed by atoms with Crippen LogP contribution in [0, 0.1) is 25.7 Å². The van der Waals surface area contributed by atoms with Crippen LogP contribution in [0.1, 0.15) is 38.2 Å². The fourth-order valence-corrected chi connectivity index (χ4v) is 5.26. The monoisotopic (exact) mass is 685 g/mol. The van der Waals surface area contributed by atoms with Gasteiger partial charge in [-0.1, -0.05) is 30.0 Å². The Bertz CT molecular complexity index is 1330. The van der Waals surface area contributed by atoms with E-state index in [-0.39, 0.29) is 50.6 Å². The van der Waals surface area contributed by atoms with E-state index in [1.807, 2.05) is 41.8 Å². The Morgan fingerprint density at radius 1 is 0.844 bits per heavy atom. The van der Waals surface area contributed by atoms with E-state index in [9.17, 15) is 35.5 Å². The minimum absolute atomic E-state index is 0. The topological polar surface area (TPSA) is 36.0 Å². The van der Waals surface area contributed by atoms with Gasteiger partial charge in [0.05, 0.1) is 37.4 Å². The Kier molecular flexibility index (Phi) is 14.0. The molecule has 250 valence electrons. The van der Waals surface area contributed by atoms with Crippen LogP contribution < -0.4 is 0 Å². The zero-order chi connectivity index (χ0) is 31.4. The molecule has 2 saturated heterocycles. The van der Waals surface area contributed by atoms with E-state index in [0.717, 1.165) is 16.7 Å². The van der Waals surface area contributed by atoms with Crippen molar-refractivity contribution in [2.45, 2.75) is 44.8 Å². The van der Waals surface area contributed by atoms with Crippen LogP contribution in [0.2, 0.25) is 0 Å². The highest BCUT2D eigenvalue weighted by atomic mass is 35.5. The molecule has 1 unspecified atom stereocenters. The molecular weight excluding hydrogens is 650 g/mol. The normalized spacial score (nSPS) is 19.9. The zero-order valence-corrected chi connectivity index (χ0v) is 26.4. The van der Waals surface area contributed by atoms with E-state index in [0.29, 0.717) is 57.9 Å². The smallest absolute Gasteiger partial charge is 0.377 e. The Labute approximate surface area is 270 Å². The second-order valence-corrected chi connectivity index (χ2v) is 11.1. The Morgan fingerprint density at radius 2 is 1.44 bits per heavy atom. The predicted octanol–water partition coefficient (Wildman–Crippen LogP) is 6.23. The largest absolute Gasteiger partial charge is 0.416 e. The highest BCUT2D eigenvalue weighted by molar-refractivity contribution is 5.95. The number of piperazine rings is 1. The Morgan fingerprint density at radius 3 is 2.02 bits per heavy atom. The van der Waals surface area contributed by atoms with Crippen molar-refractivity contribution in [3.05, 3.63) is 69.8 Å². The van der Waals surface area contributed by atoms with Crippen molar-refractivity contribution in [1.29, 1.82) is 0 Å². The lowest BCUT2D eigenvalue weighted by atomic mass is 9.97. The molecule has 4 rings (SSSR count). The van der Waals surface area contributed by atoms with Crippen molar-refractivity contribution >= 4 is 30.7 Å². The molecule has 2 aliphatic rings. The molecule has 1 amide bonds. The second-order valence-electron chi connectivity index (χ2n) is 11.1. The number of carbonyl (C=O) groups excluding carboxylic acids is 1. The van der Waals surface area contributed by atoms with E-state index in [2.05, 4.69) is 11.8 Å². The number of halogens is 9. The molecule has 14 heteroatoms. The fraction of sp³-hybridized carbons (Fsp3) is 0.516. The van der Waals surface area contributed by atoms with Gasteiger partial charge in [-0.25, -0.2) is 4.39 Å². The Balaban J connectivity index is 0.00000353. The van der Waals surface area contributed by atoms with Crippen LogP contribution in [-0.2, 0) is 23.5 Å². The van der Waals surface area contributed by atoms with Gasteiger partial charge in [-0.3, -0.25) is 14.6 Å². The fourth-order valence-electron chi connectivity index (χ4n) is 5.26. The van der Waals surface area contributed by atoms with Crippen molar-refractivity contribution in [3.8, 4) is 11.8 Å². The van der Waals surface area contributed by atoms with Gasteiger partial charge in [0.25, 0.3) is 5.91 Å². The highest BCUT2D eigenvalue weighted by Crippen LogP contribution is 2.37. The summed E-state index contributed by atoms with van der Waals surface area (Å²) < 4.78 is 99.9. The quantitative estimate of drug-likeness (QED) is 0.277. The van der Waals surface area contributed by atoms with Crippen molar-refractivity contribution in [2.24, 2.45) is 0 Å². The van der Waals surface area contributed by atoms with E-state index < -0.39 is 47.2 Å². The molecule has 2 atom stereocenters. The molecule has 2 aromatic carbocycles. The summed E-state index contributed by atoms with van der Waals surface area (Å²) in [5, 5.41) is 0. The van der Waals surface area contributed by atoms with Crippen LogP contribution in [-0.4, -0.2) is 91.8 Å². The van der Waals surface area contributed by atoms with Crippen LogP contribution in [0.5, 0.6) is 0 Å². The second kappa shape index (κ2) is 16.3. The van der Waals surface area contributed by atoms with E-state index in [4.69, 9.17) is 4.74 Å². The summed E-state index contributed by atoms with van der Waals surface area (Å²) in [5.74, 6) is 5.24. The van der Waals surface area contributed by atoms with Gasteiger partial charge in [-0.15, -0.1) is 24.8 Å². The number of hydrogen-bond donors (Lipinski definition) is 0. The van der Waals surface area contributed by atoms with Gasteiger partial charge in [-0.05, 0) is 55.2 Å². The van der Waals surface area contributed by atoms with Gasteiger partial charge < -0.3 is 9.64 Å². The molecule has 2 heterocycles. The van der Waals surface area contributed by atoms with Crippen molar-refractivity contribution in [1.82, 2.24) is 14.7 Å². The third-order valence-electron chi connectivity index (χ3n) is 7.74. The summed E-state index contributed by atoms with van der Waals surface area (Å²) in [6, 6.07) is 6.26. The molecule has 0 radical (unpaired) electrons. The zero-order valence-electron chi connectivity index (χ0n) is 24.8. The number of hydrogen-bond acceptors (Lipinski definition) is 4. The first-order valence-electron chi connectivity index (χ1n) is 14.0. The number of amides is 1. The molecule has 45 heavy (non-hydrogen) atoms. The molecule has 2 aliphatic heterocycles. The summed E-state index contributed by atoms with van der Waals surface area (Å²) in [6.07, 6.45) is -10.8. The molecule has 0 spiro atoms. The SMILES string of the molecule is Cc1ccc(C[C@@H]2CN(CC#CCN3CCOCC(F)C3)CCN2C(=O)c2cc(C(F)(F)F)cc(C(F)(F)F)c2)cc1C.Cl.Cl. The molecule has 5 nitrogen and oxygen atoms in total. The molecule has 0 bridgehead atoms. The van der Waals surface area contributed by atoms with Crippen molar-refractivity contribution < 1.29 is 40.3 Å². The summed E-state index contributed by atoms with van der Waals surface area (Å²) >= 11 is 0. The highest BCUT2D eigenvalue weighted by Gasteiger charge is 2.39. The molecule has 0 aliphatic carbocycles. The van der Waals surface area contributed by atoms with Crippen LogP contribution in [0.15, 0.2) is 36.4 Å². The first kappa shape index (κ1) is 38.6.